The number of piperidine rings is 1. The van der Waals surface area contributed by atoms with Crippen molar-refractivity contribution in [3.63, 3.8) is 0 Å². The standard InChI is InChI=1S/C15H22N2O2/c1-3-19-15(18)12-5-4-6-13(14(12)16)17-9-7-11(2)8-10-17/h4-6,11H,3,7-10,16H2,1-2H3. The maximum atomic E-state index is 11.8. The second-order valence-corrected chi connectivity index (χ2v) is 5.13. The van der Waals surface area contributed by atoms with Gasteiger partial charge in [-0.25, -0.2) is 4.79 Å². The zero-order valence-corrected chi connectivity index (χ0v) is 11.7. The highest BCUT2D eigenvalue weighted by atomic mass is 16.5. The molecule has 1 fully saturated rings. The van der Waals surface area contributed by atoms with Crippen LogP contribution < -0.4 is 10.6 Å². The van der Waals surface area contributed by atoms with Gasteiger partial charge in [0.25, 0.3) is 0 Å². The van der Waals surface area contributed by atoms with Gasteiger partial charge in [-0.1, -0.05) is 13.0 Å². The molecule has 2 N–H and O–H groups in total. The van der Waals surface area contributed by atoms with E-state index in [2.05, 4.69) is 11.8 Å². The van der Waals surface area contributed by atoms with Crippen molar-refractivity contribution < 1.29 is 9.53 Å². The molecule has 1 heterocycles. The first-order chi connectivity index (χ1) is 9.13. The summed E-state index contributed by atoms with van der Waals surface area (Å²) in [5, 5.41) is 0. The van der Waals surface area contributed by atoms with Crippen molar-refractivity contribution in [2.75, 3.05) is 30.3 Å². The molecule has 4 heteroatoms. The molecule has 1 aromatic carbocycles. The SMILES string of the molecule is CCOC(=O)c1cccc(N2CCC(C)CC2)c1N. The van der Waals surface area contributed by atoms with Crippen LogP contribution in [0.3, 0.4) is 0 Å². The third-order valence-corrected chi connectivity index (χ3v) is 3.70. The third kappa shape index (κ3) is 3.00. The Hall–Kier alpha value is -1.71. The molecular weight excluding hydrogens is 240 g/mol. The van der Waals surface area contributed by atoms with E-state index < -0.39 is 0 Å². The first-order valence-corrected chi connectivity index (χ1v) is 6.94. The Bertz CT molecular complexity index is 451. The maximum Gasteiger partial charge on any atom is 0.340 e. The van der Waals surface area contributed by atoms with Crippen molar-refractivity contribution in [2.24, 2.45) is 5.92 Å². The molecular formula is C15H22N2O2. The second kappa shape index (κ2) is 5.95. The monoisotopic (exact) mass is 262 g/mol. The number of ether oxygens (including phenoxy) is 1. The molecule has 0 radical (unpaired) electrons. The predicted molar refractivity (Wildman–Crippen MR) is 77.4 cm³/mol. The van der Waals surface area contributed by atoms with Gasteiger partial charge >= 0.3 is 5.97 Å². The molecule has 4 nitrogen and oxygen atoms in total. The van der Waals surface area contributed by atoms with Crippen LogP contribution in [0.5, 0.6) is 0 Å². The summed E-state index contributed by atoms with van der Waals surface area (Å²) in [7, 11) is 0. The fraction of sp³-hybridized carbons (Fsp3) is 0.533. The zero-order chi connectivity index (χ0) is 13.8. The molecule has 0 unspecified atom stereocenters. The van der Waals surface area contributed by atoms with Crippen molar-refractivity contribution in [2.45, 2.75) is 26.7 Å². The molecule has 0 aromatic heterocycles. The van der Waals surface area contributed by atoms with Crippen molar-refractivity contribution >= 4 is 17.3 Å². The Morgan fingerprint density at radius 3 is 2.74 bits per heavy atom. The van der Waals surface area contributed by atoms with Crippen LogP contribution in [-0.4, -0.2) is 25.7 Å². The highest BCUT2D eigenvalue weighted by Gasteiger charge is 2.20. The highest BCUT2D eigenvalue weighted by molar-refractivity contribution is 5.98. The van der Waals surface area contributed by atoms with Crippen molar-refractivity contribution in [3.05, 3.63) is 23.8 Å². The Balaban J connectivity index is 2.22. The van der Waals surface area contributed by atoms with Gasteiger partial charge < -0.3 is 15.4 Å². The average Bonchev–Trinajstić information content (AvgIpc) is 2.40. The van der Waals surface area contributed by atoms with Crippen LogP contribution in [0.25, 0.3) is 0 Å². The highest BCUT2D eigenvalue weighted by Crippen LogP contribution is 2.30. The van der Waals surface area contributed by atoms with Crippen molar-refractivity contribution in [1.29, 1.82) is 0 Å². The number of rotatable bonds is 3. The first kappa shape index (κ1) is 13.7. The molecule has 0 spiro atoms. The molecule has 2 rings (SSSR count). The molecule has 0 saturated carbocycles. The van der Waals surface area contributed by atoms with Gasteiger partial charge in [0.05, 0.1) is 23.5 Å². The van der Waals surface area contributed by atoms with Gasteiger partial charge in [0.2, 0.25) is 0 Å². The number of para-hydroxylation sites is 1. The first-order valence-electron chi connectivity index (χ1n) is 6.94. The van der Waals surface area contributed by atoms with Gasteiger partial charge in [0.1, 0.15) is 0 Å². The lowest BCUT2D eigenvalue weighted by atomic mass is 9.98. The molecule has 0 atom stereocenters. The fourth-order valence-corrected chi connectivity index (χ4v) is 2.47. The Kier molecular flexibility index (Phi) is 4.30. The Morgan fingerprint density at radius 1 is 1.42 bits per heavy atom. The molecule has 1 saturated heterocycles. The number of nitrogens with zero attached hydrogens (tertiary/aromatic N) is 1. The number of carbonyl (C=O) groups is 1. The van der Waals surface area contributed by atoms with E-state index in [1.807, 2.05) is 12.1 Å². The van der Waals surface area contributed by atoms with Gasteiger partial charge in [-0.05, 0) is 37.8 Å². The summed E-state index contributed by atoms with van der Waals surface area (Å²) < 4.78 is 5.03. The number of benzene rings is 1. The minimum absolute atomic E-state index is 0.341. The summed E-state index contributed by atoms with van der Waals surface area (Å²) in [5.74, 6) is 0.429. The lowest BCUT2D eigenvalue weighted by Gasteiger charge is -2.33. The number of hydrogen-bond donors (Lipinski definition) is 1. The molecule has 19 heavy (non-hydrogen) atoms. The van der Waals surface area contributed by atoms with E-state index >= 15 is 0 Å². The summed E-state index contributed by atoms with van der Waals surface area (Å²) in [6.45, 7) is 6.43. The maximum absolute atomic E-state index is 11.8. The fourth-order valence-electron chi connectivity index (χ4n) is 2.47. The number of carbonyl (C=O) groups excluding carboxylic acids is 1. The quantitative estimate of drug-likeness (QED) is 0.672. The molecule has 1 aromatic rings. The van der Waals surface area contributed by atoms with Gasteiger partial charge in [0.15, 0.2) is 0 Å². The van der Waals surface area contributed by atoms with Crippen LogP contribution >= 0.6 is 0 Å². The van der Waals surface area contributed by atoms with Gasteiger partial charge in [-0.2, -0.15) is 0 Å². The molecule has 1 aliphatic heterocycles. The molecule has 0 amide bonds. The number of anilines is 2. The van der Waals surface area contributed by atoms with Gasteiger partial charge in [0, 0.05) is 13.1 Å². The molecule has 0 bridgehead atoms. The lowest BCUT2D eigenvalue weighted by Crippen LogP contribution is -2.33. The summed E-state index contributed by atoms with van der Waals surface area (Å²) in [4.78, 5) is 14.1. The summed E-state index contributed by atoms with van der Waals surface area (Å²) in [6.07, 6.45) is 2.34. The molecule has 1 aliphatic rings. The largest absolute Gasteiger partial charge is 0.462 e. The predicted octanol–water partition coefficient (Wildman–Crippen LogP) is 2.68. The van der Waals surface area contributed by atoms with Crippen molar-refractivity contribution in [1.82, 2.24) is 0 Å². The smallest absolute Gasteiger partial charge is 0.340 e. The number of nitrogens with two attached hydrogens (primary N) is 1. The minimum Gasteiger partial charge on any atom is -0.462 e. The van der Waals surface area contributed by atoms with E-state index in [9.17, 15) is 4.79 Å². The van der Waals surface area contributed by atoms with E-state index in [1.54, 1.807) is 13.0 Å². The van der Waals surface area contributed by atoms with E-state index in [0.717, 1.165) is 24.7 Å². The minimum atomic E-state index is -0.341. The van der Waals surface area contributed by atoms with E-state index in [4.69, 9.17) is 10.5 Å². The van der Waals surface area contributed by atoms with Crippen LogP contribution in [0, 0.1) is 5.92 Å². The van der Waals surface area contributed by atoms with Crippen LogP contribution in [0.2, 0.25) is 0 Å². The molecule has 104 valence electrons. The topological polar surface area (TPSA) is 55.6 Å². The summed E-state index contributed by atoms with van der Waals surface area (Å²) in [6, 6.07) is 5.58. The van der Waals surface area contributed by atoms with Crippen LogP contribution in [0.1, 0.15) is 37.0 Å². The van der Waals surface area contributed by atoms with E-state index in [1.165, 1.54) is 12.8 Å². The van der Waals surface area contributed by atoms with E-state index in [0.29, 0.717) is 17.9 Å². The summed E-state index contributed by atoms with van der Waals surface area (Å²) >= 11 is 0. The van der Waals surface area contributed by atoms with Crippen molar-refractivity contribution in [3.8, 4) is 0 Å². The van der Waals surface area contributed by atoms with E-state index in [-0.39, 0.29) is 5.97 Å². The van der Waals surface area contributed by atoms with Crippen LogP contribution in [-0.2, 0) is 4.74 Å². The number of nitrogen functional groups attached to an aromatic ring is 1. The van der Waals surface area contributed by atoms with Crippen LogP contribution in [0.4, 0.5) is 11.4 Å². The zero-order valence-electron chi connectivity index (χ0n) is 11.7. The second-order valence-electron chi connectivity index (χ2n) is 5.13. The Morgan fingerprint density at radius 2 is 2.11 bits per heavy atom. The summed E-state index contributed by atoms with van der Waals surface area (Å²) in [5.41, 5.74) is 8.10. The van der Waals surface area contributed by atoms with Gasteiger partial charge in [-0.3, -0.25) is 0 Å². The van der Waals surface area contributed by atoms with Gasteiger partial charge in [-0.15, -0.1) is 0 Å². The third-order valence-electron chi connectivity index (χ3n) is 3.70. The Labute approximate surface area is 114 Å². The van der Waals surface area contributed by atoms with Crippen LogP contribution in [0.15, 0.2) is 18.2 Å². The molecule has 0 aliphatic carbocycles. The number of hydrogen-bond acceptors (Lipinski definition) is 4. The normalized spacial score (nSPS) is 16.4. The lowest BCUT2D eigenvalue weighted by molar-refractivity contribution is 0.0527. The average molecular weight is 262 g/mol. The number of esters is 1.